The lowest BCUT2D eigenvalue weighted by molar-refractivity contribution is -0.147. The molecule has 1 saturated heterocycles. The van der Waals surface area contributed by atoms with Crippen LogP contribution in [-0.2, 0) is 20.9 Å². The number of benzene rings is 3. The number of esters is 1. The Morgan fingerprint density at radius 3 is 2.12 bits per heavy atom. The molecule has 7 nitrogen and oxygen atoms in total. The predicted molar refractivity (Wildman–Crippen MR) is 125 cm³/mol. The van der Waals surface area contributed by atoms with Gasteiger partial charge in [0.15, 0.2) is 12.4 Å². The summed E-state index contributed by atoms with van der Waals surface area (Å²) in [4.78, 5) is 38.8. The molecule has 0 saturated carbocycles. The van der Waals surface area contributed by atoms with Crippen molar-refractivity contribution < 1.29 is 29.0 Å². The van der Waals surface area contributed by atoms with Crippen LogP contribution in [0.2, 0.25) is 0 Å². The molecule has 1 fully saturated rings. The number of Topliss-reactive ketones (excluding diaryl/α,β-unsaturated/α-hetero) is 1. The minimum atomic E-state index is -1.01. The Bertz CT molecular complexity index is 1130. The molecule has 1 aliphatic rings. The smallest absolute Gasteiger partial charge is 0.410 e. The number of hydrogen-bond acceptors (Lipinski definition) is 6. The summed E-state index contributed by atoms with van der Waals surface area (Å²) in [6.07, 6.45) is -1.56. The van der Waals surface area contributed by atoms with Gasteiger partial charge < -0.3 is 14.6 Å². The summed E-state index contributed by atoms with van der Waals surface area (Å²) in [6, 6.07) is 24.9. The number of carbonyl (C=O) groups is 3. The second-order valence-electron chi connectivity index (χ2n) is 8.07. The van der Waals surface area contributed by atoms with Crippen molar-refractivity contribution in [2.45, 2.75) is 25.2 Å². The van der Waals surface area contributed by atoms with E-state index in [4.69, 9.17) is 9.47 Å². The van der Waals surface area contributed by atoms with Crippen LogP contribution in [0, 0.1) is 0 Å². The van der Waals surface area contributed by atoms with Crippen LogP contribution >= 0.6 is 0 Å². The molecule has 3 aromatic carbocycles. The topological polar surface area (TPSA) is 93.1 Å². The molecule has 0 spiro atoms. The van der Waals surface area contributed by atoms with Crippen molar-refractivity contribution in [1.29, 1.82) is 0 Å². The van der Waals surface area contributed by atoms with Crippen LogP contribution in [0.25, 0.3) is 11.1 Å². The van der Waals surface area contributed by atoms with Crippen molar-refractivity contribution >= 4 is 17.8 Å². The molecule has 1 heterocycles. The summed E-state index contributed by atoms with van der Waals surface area (Å²) in [5.41, 5.74) is 3.22. The van der Waals surface area contributed by atoms with Crippen molar-refractivity contribution in [1.82, 2.24) is 4.90 Å². The van der Waals surface area contributed by atoms with E-state index in [0.717, 1.165) is 21.6 Å². The number of likely N-dealkylation sites (tertiary alicyclic amines) is 1. The lowest BCUT2D eigenvalue weighted by Crippen LogP contribution is -2.42. The van der Waals surface area contributed by atoms with Crippen molar-refractivity contribution in [2.24, 2.45) is 0 Å². The molecule has 0 unspecified atom stereocenters. The van der Waals surface area contributed by atoms with Crippen LogP contribution in [0.1, 0.15) is 22.3 Å². The maximum absolute atomic E-state index is 12.6. The van der Waals surface area contributed by atoms with Crippen LogP contribution < -0.4 is 0 Å². The standard InChI is InChI=1S/C27H25NO6/c29-23-15-24(28(16-23)27(32)34-17-19-7-3-1-4-8-19)26(31)33-18-25(30)22-13-11-21(12-14-22)20-9-5-2-6-10-20/h1-14,23-24,29H,15-18H2/t23-,24+/m0/s1. The third-order valence-corrected chi connectivity index (χ3v) is 5.65. The maximum atomic E-state index is 12.6. The van der Waals surface area contributed by atoms with Gasteiger partial charge in [0.1, 0.15) is 12.6 Å². The molecule has 0 bridgehead atoms. The van der Waals surface area contributed by atoms with Gasteiger partial charge in [0.25, 0.3) is 0 Å². The summed E-state index contributed by atoms with van der Waals surface area (Å²) < 4.78 is 10.5. The van der Waals surface area contributed by atoms with Gasteiger partial charge in [0.05, 0.1) is 12.6 Å². The average molecular weight is 459 g/mol. The van der Waals surface area contributed by atoms with Gasteiger partial charge >= 0.3 is 12.1 Å². The highest BCUT2D eigenvalue weighted by Gasteiger charge is 2.41. The summed E-state index contributed by atoms with van der Waals surface area (Å²) in [7, 11) is 0. The van der Waals surface area contributed by atoms with E-state index >= 15 is 0 Å². The van der Waals surface area contributed by atoms with E-state index in [-0.39, 0.29) is 25.4 Å². The van der Waals surface area contributed by atoms with Crippen LogP contribution in [0.4, 0.5) is 4.79 Å². The van der Waals surface area contributed by atoms with Gasteiger partial charge in [-0.15, -0.1) is 0 Å². The first-order chi connectivity index (χ1) is 16.5. The SMILES string of the molecule is O=C(COC(=O)[C@H]1C[C@H](O)CN1C(=O)OCc1ccccc1)c1ccc(-c2ccccc2)cc1. The summed E-state index contributed by atoms with van der Waals surface area (Å²) in [6.45, 7) is -0.448. The molecule has 7 heteroatoms. The van der Waals surface area contributed by atoms with Crippen LogP contribution in [0.3, 0.4) is 0 Å². The highest BCUT2D eigenvalue weighted by Crippen LogP contribution is 2.22. The molecular weight excluding hydrogens is 434 g/mol. The fraction of sp³-hybridized carbons (Fsp3) is 0.222. The van der Waals surface area contributed by atoms with Crippen molar-refractivity contribution in [3.63, 3.8) is 0 Å². The molecule has 34 heavy (non-hydrogen) atoms. The Kier molecular flexibility index (Phi) is 7.34. The van der Waals surface area contributed by atoms with E-state index in [1.165, 1.54) is 0 Å². The zero-order valence-corrected chi connectivity index (χ0v) is 18.5. The lowest BCUT2D eigenvalue weighted by Gasteiger charge is -2.22. The largest absolute Gasteiger partial charge is 0.456 e. The number of ketones is 1. The Labute approximate surface area is 197 Å². The molecule has 1 amide bonds. The van der Waals surface area contributed by atoms with E-state index in [2.05, 4.69) is 0 Å². The number of carbonyl (C=O) groups excluding carboxylic acids is 3. The van der Waals surface area contributed by atoms with E-state index in [0.29, 0.717) is 5.56 Å². The average Bonchev–Trinajstić information content (AvgIpc) is 3.28. The highest BCUT2D eigenvalue weighted by atomic mass is 16.6. The molecule has 0 radical (unpaired) electrons. The summed E-state index contributed by atoms with van der Waals surface area (Å²) in [5.74, 6) is -1.10. The van der Waals surface area contributed by atoms with Crippen LogP contribution in [0.15, 0.2) is 84.9 Å². The fourth-order valence-corrected chi connectivity index (χ4v) is 3.84. The molecule has 2 atom stereocenters. The van der Waals surface area contributed by atoms with Crippen LogP contribution in [-0.4, -0.2) is 53.1 Å². The third kappa shape index (κ3) is 5.68. The number of ether oxygens (including phenoxy) is 2. The second-order valence-corrected chi connectivity index (χ2v) is 8.07. The first kappa shape index (κ1) is 23.2. The first-order valence-corrected chi connectivity index (χ1v) is 11.0. The number of aliphatic hydroxyl groups is 1. The molecule has 4 rings (SSSR count). The third-order valence-electron chi connectivity index (χ3n) is 5.65. The summed E-state index contributed by atoms with van der Waals surface area (Å²) >= 11 is 0. The molecule has 174 valence electrons. The van der Waals surface area contributed by atoms with Gasteiger partial charge in [-0.2, -0.15) is 0 Å². The van der Waals surface area contributed by atoms with Gasteiger partial charge in [-0.3, -0.25) is 9.69 Å². The van der Waals surface area contributed by atoms with Gasteiger partial charge in [-0.25, -0.2) is 9.59 Å². The number of amides is 1. The molecule has 0 aromatic heterocycles. The minimum absolute atomic E-state index is 0.0270. The lowest BCUT2D eigenvalue weighted by atomic mass is 10.0. The van der Waals surface area contributed by atoms with E-state index < -0.39 is 30.8 Å². The molecule has 3 aromatic rings. The molecule has 0 aliphatic carbocycles. The zero-order valence-electron chi connectivity index (χ0n) is 18.5. The number of hydrogen-bond donors (Lipinski definition) is 1. The second kappa shape index (κ2) is 10.8. The Hall–Kier alpha value is -3.97. The summed E-state index contributed by atoms with van der Waals surface area (Å²) in [5, 5.41) is 10.0. The highest BCUT2D eigenvalue weighted by molar-refractivity contribution is 5.98. The van der Waals surface area contributed by atoms with Crippen molar-refractivity contribution in [3.8, 4) is 11.1 Å². The van der Waals surface area contributed by atoms with Gasteiger partial charge in [-0.1, -0.05) is 84.9 Å². The molecular formula is C27H25NO6. The maximum Gasteiger partial charge on any atom is 0.410 e. The Morgan fingerprint density at radius 2 is 1.44 bits per heavy atom. The monoisotopic (exact) mass is 459 g/mol. The first-order valence-electron chi connectivity index (χ1n) is 11.0. The predicted octanol–water partition coefficient (Wildman–Crippen LogP) is 3.85. The number of rotatable bonds is 7. The fourth-order valence-electron chi connectivity index (χ4n) is 3.84. The normalized spacial score (nSPS) is 17.3. The van der Waals surface area contributed by atoms with Gasteiger partial charge in [-0.05, 0) is 16.7 Å². The number of β-amino-alcohol motifs (C(OH)–C–C–N with tert-alkyl or cyclic N) is 1. The van der Waals surface area contributed by atoms with Crippen molar-refractivity contribution in [3.05, 3.63) is 96.1 Å². The Balaban J connectivity index is 1.32. The molecule has 1 aliphatic heterocycles. The number of nitrogens with zero attached hydrogens (tertiary/aromatic N) is 1. The quantitative estimate of drug-likeness (QED) is 0.426. The Morgan fingerprint density at radius 1 is 0.824 bits per heavy atom. The van der Waals surface area contributed by atoms with Crippen LogP contribution in [0.5, 0.6) is 0 Å². The van der Waals surface area contributed by atoms with Gasteiger partial charge in [0, 0.05) is 12.0 Å². The van der Waals surface area contributed by atoms with E-state index in [1.54, 1.807) is 12.1 Å². The van der Waals surface area contributed by atoms with Gasteiger partial charge in [0.2, 0.25) is 0 Å². The molecule has 1 N–H and O–H groups in total. The van der Waals surface area contributed by atoms with Crippen molar-refractivity contribution in [2.75, 3.05) is 13.2 Å². The van der Waals surface area contributed by atoms with E-state index in [1.807, 2.05) is 72.8 Å². The minimum Gasteiger partial charge on any atom is -0.456 e. The number of aliphatic hydroxyl groups excluding tert-OH is 1. The zero-order chi connectivity index (χ0) is 23.9. The van der Waals surface area contributed by atoms with E-state index in [9.17, 15) is 19.5 Å².